The largest absolute Gasteiger partial charge is 0.476 e. The minimum absolute atomic E-state index is 0.138. The number of likely N-dealkylation sites (N-methyl/N-ethyl adjacent to an activating group) is 1. The number of rotatable bonds is 8. The van der Waals surface area contributed by atoms with Gasteiger partial charge in [-0.15, -0.1) is 11.3 Å². The monoisotopic (exact) mass is 420 g/mol. The molecule has 7 heteroatoms. The van der Waals surface area contributed by atoms with E-state index in [1.54, 1.807) is 6.20 Å². The van der Waals surface area contributed by atoms with Crippen LogP contribution in [-0.2, 0) is 0 Å². The number of hydrogen-bond acceptors (Lipinski definition) is 6. The highest BCUT2D eigenvalue weighted by Gasteiger charge is 2.12. The zero-order chi connectivity index (χ0) is 20.9. The van der Waals surface area contributed by atoms with E-state index in [1.807, 2.05) is 47.8 Å². The maximum atomic E-state index is 12.5. The van der Waals surface area contributed by atoms with Gasteiger partial charge in [0.1, 0.15) is 11.6 Å². The average Bonchev–Trinajstić information content (AvgIpc) is 3.26. The molecule has 0 spiro atoms. The van der Waals surface area contributed by atoms with Gasteiger partial charge in [0.05, 0.1) is 11.3 Å². The minimum atomic E-state index is -0.138. The topological polar surface area (TPSA) is 71.1 Å². The minimum Gasteiger partial charge on any atom is -0.476 e. The van der Waals surface area contributed by atoms with Gasteiger partial charge in [-0.1, -0.05) is 32.0 Å². The fourth-order valence-corrected chi connectivity index (χ4v) is 4.13. The molecule has 1 aromatic carbocycles. The lowest BCUT2D eigenvalue weighted by atomic mass is 10.1. The van der Waals surface area contributed by atoms with E-state index in [1.165, 1.54) is 11.3 Å². The smallest absolute Gasteiger partial charge is 0.257 e. The predicted molar refractivity (Wildman–Crippen MR) is 122 cm³/mol. The molecule has 0 aliphatic heterocycles. The lowest BCUT2D eigenvalue weighted by Gasteiger charge is -2.17. The van der Waals surface area contributed by atoms with Gasteiger partial charge in [0, 0.05) is 35.3 Å². The van der Waals surface area contributed by atoms with Crippen LogP contribution in [0.25, 0.3) is 32.7 Å². The van der Waals surface area contributed by atoms with E-state index in [4.69, 9.17) is 9.72 Å². The second kappa shape index (κ2) is 9.19. The molecule has 3 aromatic heterocycles. The van der Waals surface area contributed by atoms with E-state index < -0.39 is 0 Å². The number of aromatic nitrogens is 3. The molecule has 0 saturated heterocycles. The Morgan fingerprint density at radius 1 is 1.13 bits per heavy atom. The summed E-state index contributed by atoms with van der Waals surface area (Å²) in [5.74, 6) is 0.583. The molecule has 0 saturated carbocycles. The first-order valence-corrected chi connectivity index (χ1v) is 11.0. The molecule has 0 bridgehead atoms. The first kappa shape index (κ1) is 20.3. The van der Waals surface area contributed by atoms with Crippen molar-refractivity contribution in [2.24, 2.45) is 0 Å². The fourth-order valence-electron chi connectivity index (χ4n) is 3.31. The predicted octanol–water partition coefficient (Wildman–Crippen LogP) is 4.43. The van der Waals surface area contributed by atoms with Crippen molar-refractivity contribution in [2.45, 2.75) is 13.8 Å². The molecular formula is C23H24N4O2S. The molecule has 4 aromatic rings. The van der Waals surface area contributed by atoms with Crippen LogP contribution in [0.2, 0.25) is 0 Å². The lowest BCUT2D eigenvalue weighted by molar-refractivity contribution is 0.218. The molecule has 0 unspecified atom stereocenters. The molecule has 0 atom stereocenters. The Bertz CT molecular complexity index is 1200. The van der Waals surface area contributed by atoms with Crippen LogP contribution in [0.4, 0.5) is 0 Å². The van der Waals surface area contributed by atoms with Crippen LogP contribution in [0.1, 0.15) is 13.8 Å². The summed E-state index contributed by atoms with van der Waals surface area (Å²) in [5, 5.41) is 3.72. The van der Waals surface area contributed by atoms with Gasteiger partial charge in [-0.3, -0.25) is 4.79 Å². The summed E-state index contributed by atoms with van der Waals surface area (Å²) in [5.41, 5.74) is 2.85. The third-order valence-corrected chi connectivity index (χ3v) is 5.96. The Hall–Kier alpha value is -3.03. The Kier molecular flexibility index (Phi) is 6.21. The molecule has 0 amide bonds. The number of aromatic amines is 1. The molecule has 30 heavy (non-hydrogen) atoms. The van der Waals surface area contributed by atoms with E-state index in [-0.39, 0.29) is 5.56 Å². The number of para-hydroxylation sites is 1. The maximum absolute atomic E-state index is 12.5. The number of pyridine rings is 2. The SMILES string of the molecule is CCN(CC)CCOc1cc(-c2nc(-c3cc4ccccc4[nH]c3=O)cs2)ccn1. The Balaban J connectivity index is 1.54. The number of nitrogens with one attached hydrogen (secondary N) is 1. The first-order chi connectivity index (χ1) is 14.7. The highest BCUT2D eigenvalue weighted by molar-refractivity contribution is 7.13. The summed E-state index contributed by atoms with van der Waals surface area (Å²) in [4.78, 5) is 26.8. The second-order valence-electron chi connectivity index (χ2n) is 6.90. The van der Waals surface area contributed by atoms with Crippen molar-refractivity contribution in [3.05, 3.63) is 64.4 Å². The molecule has 0 radical (unpaired) electrons. The molecule has 0 aliphatic carbocycles. The van der Waals surface area contributed by atoms with Gasteiger partial charge in [0.25, 0.3) is 5.56 Å². The van der Waals surface area contributed by atoms with E-state index in [0.717, 1.165) is 41.1 Å². The average molecular weight is 421 g/mol. The van der Waals surface area contributed by atoms with Crippen LogP contribution in [0, 0.1) is 0 Å². The molecule has 1 N–H and O–H groups in total. The highest BCUT2D eigenvalue weighted by atomic mass is 32.1. The number of nitrogens with zero attached hydrogens (tertiary/aromatic N) is 3. The number of thiazole rings is 1. The number of benzene rings is 1. The summed E-state index contributed by atoms with van der Waals surface area (Å²) in [6, 6.07) is 13.4. The number of hydrogen-bond donors (Lipinski definition) is 1. The van der Waals surface area contributed by atoms with Crippen LogP contribution in [0.5, 0.6) is 5.88 Å². The van der Waals surface area contributed by atoms with Crippen molar-refractivity contribution in [3.8, 4) is 27.7 Å². The maximum Gasteiger partial charge on any atom is 0.257 e. The molecular weight excluding hydrogens is 396 g/mol. The van der Waals surface area contributed by atoms with Crippen molar-refractivity contribution in [1.82, 2.24) is 19.9 Å². The van der Waals surface area contributed by atoms with Crippen molar-refractivity contribution in [1.29, 1.82) is 0 Å². The number of H-pyrrole nitrogens is 1. The van der Waals surface area contributed by atoms with Gasteiger partial charge < -0.3 is 14.6 Å². The van der Waals surface area contributed by atoms with Gasteiger partial charge in [-0.25, -0.2) is 9.97 Å². The van der Waals surface area contributed by atoms with Gasteiger partial charge in [-0.05, 0) is 36.7 Å². The van der Waals surface area contributed by atoms with E-state index in [9.17, 15) is 4.79 Å². The van der Waals surface area contributed by atoms with Crippen LogP contribution in [0.3, 0.4) is 0 Å². The van der Waals surface area contributed by atoms with E-state index in [0.29, 0.717) is 23.7 Å². The summed E-state index contributed by atoms with van der Waals surface area (Å²) in [6.45, 7) is 7.75. The second-order valence-corrected chi connectivity index (χ2v) is 7.75. The summed E-state index contributed by atoms with van der Waals surface area (Å²) >= 11 is 1.50. The Morgan fingerprint density at radius 3 is 2.80 bits per heavy atom. The third-order valence-electron chi connectivity index (χ3n) is 5.07. The summed E-state index contributed by atoms with van der Waals surface area (Å²) < 4.78 is 5.83. The van der Waals surface area contributed by atoms with Gasteiger partial charge in [0.15, 0.2) is 0 Å². The normalized spacial score (nSPS) is 11.3. The first-order valence-electron chi connectivity index (χ1n) is 10.1. The van der Waals surface area contributed by atoms with E-state index in [2.05, 4.69) is 28.7 Å². The van der Waals surface area contributed by atoms with Crippen molar-refractivity contribution in [2.75, 3.05) is 26.2 Å². The summed E-state index contributed by atoms with van der Waals surface area (Å²) in [6.07, 6.45) is 1.73. The standard InChI is InChI=1S/C23H24N4O2S/c1-3-27(4-2)11-12-29-21-14-17(9-10-24-21)23-26-20(15-30-23)18-13-16-7-5-6-8-19(16)25-22(18)28/h5-10,13-15H,3-4,11-12H2,1-2H3,(H,25,28). The van der Waals surface area contributed by atoms with Crippen LogP contribution in [-0.4, -0.2) is 46.1 Å². The molecule has 4 rings (SSSR count). The van der Waals surface area contributed by atoms with Gasteiger partial charge in [-0.2, -0.15) is 0 Å². The molecule has 0 aliphatic rings. The van der Waals surface area contributed by atoms with Crippen LogP contribution >= 0.6 is 11.3 Å². The van der Waals surface area contributed by atoms with Crippen molar-refractivity contribution < 1.29 is 4.74 Å². The quantitative estimate of drug-likeness (QED) is 0.456. The zero-order valence-corrected chi connectivity index (χ0v) is 17.9. The lowest BCUT2D eigenvalue weighted by Crippen LogP contribution is -2.28. The Morgan fingerprint density at radius 2 is 1.97 bits per heavy atom. The third kappa shape index (κ3) is 4.42. The molecule has 6 nitrogen and oxygen atoms in total. The van der Waals surface area contributed by atoms with Gasteiger partial charge in [0.2, 0.25) is 5.88 Å². The van der Waals surface area contributed by atoms with Crippen LogP contribution in [0.15, 0.2) is 58.8 Å². The van der Waals surface area contributed by atoms with Crippen molar-refractivity contribution >= 4 is 22.2 Å². The number of fused-ring (bicyclic) bond motifs is 1. The molecule has 3 heterocycles. The fraction of sp³-hybridized carbons (Fsp3) is 0.261. The highest BCUT2D eigenvalue weighted by Crippen LogP contribution is 2.29. The van der Waals surface area contributed by atoms with E-state index >= 15 is 0 Å². The zero-order valence-electron chi connectivity index (χ0n) is 17.1. The van der Waals surface area contributed by atoms with Crippen molar-refractivity contribution in [3.63, 3.8) is 0 Å². The summed E-state index contributed by atoms with van der Waals surface area (Å²) in [7, 11) is 0. The number of ether oxygens (including phenoxy) is 1. The molecule has 154 valence electrons. The molecule has 0 fully saturated rings. The van der Waals surface area contributed by atoms with Crippen LogP contribution < -0.4 is 10.3 Å². The Labute approximate surface area is 179 Å². The van der Waals surface area contributed by atoms with Gasteiger partial charge >= 0.3 is 0 Å².